The Hall–Kier alpha value is -3.35. The minimum Gasteiger partial charge on any atom is -0.478 e. The number of aryl methyl sites for hydroxylation is 1. The first-order valence-corrected chi connectivity index (χ1v) is 10.0. The number of halogens is 2. The first-order chi connectivity index (χ1) is 14.7. The Balaban J connectivity index is 1.63. The first kappa shape index (κ1) is 20.9. The lowest BCUT2D eigenvalue weighted by molar-refractivity contribution is -0.114. The van der Waals surface area contributed by atoms with Gasteiger partial charge in [0.25, 0.3) is 5.91 Å². The number of carboxylic acid groups (broad SMARTS) is 1. The SMILES string of the molecule is CC1=NN(c2ccc(C)c(Cl)c2)C(=O)/C1=C\c1ccc(-c2ccc(Cl)c(C(=O)O)c2)o1. The molecule has 4 rings (SSSR count). The van der Waals surface area contributed by atoms with E-state index in [2.05, 4.69) is 5.10 Å². The predicted molar refractivity (Wildman–Crippen MR) is 121 cm³/mol. The maximum atomic E-state index is 12.9. The van der Waals surface area contributed by atoms with E-state index in [1.807, 2.05) is 13.0 Å². The fraction of sp³-hybridized carbons (Fsp3) is 0.0870. The molecule has 1 aliphatic rings. The van der Waals surface area contributed by atoms with Crippen molar-refractivity contribution in [2.75, 3.05) is 5.01 Å². The molecule has 2 heterocycles. The lowest BCUT2D eigenvalue weighted by Crippen LogP contribution is -2.21. The van der Waals surface area contributed by atoms with Crippen molar-refractivity contribution >= 4 is 52.6 Å². The smallest absolute Gasteiger partial charge is 0.337 e. The van der Waals surface area contributed by atoms with Crippen LogP contribution < -0.4 is 5.01 Å². The molecule has 6 nitrogen and oxygen atoms in total. The average Bonchev–Trinajstić information content (AvgIpc) is 3.30. The number of nitrogens with zero attached hydrogens (tertiary/aromatic N) is 2. The Morgan fingerprint density at radius 3 is 2.55 bits per heavy atom. The quantitative estimate of drug-likeness (QED) is 0.485. The summed E-state index contributed by atoms with van der Waals surface area (Å²) < 4.78 is 5.82. The summed E-state index contributed by atoms with van der Waals surface area (Å²) in [5.41, 5.74) is 2.96. The van der Waals surface area contributed by atoms with Crippen molar-refractivity contribution in [1.29, 1.82) is 0 Å². The van der Waals surface area contributed by atoms with E-state index in [4.69, 9.17) is 27.6 Å². The summed E-state index contributed by atoms with van der Waals surface area (Å²) in [6, 6.07) is 13.3. The number of hydrazone groups is 1. The Kier molecular flexibility index (Phi) is 5.43. The molecule has 1 aromatic heterocycles. The fourth-order valence-electron chi connectivity index (χ4n) is 3.14. The number of furan rings is 1. The van der Waals surface area contributed by atoms with Crippen molar-refractivity contribution < 1.29 is 19.1 Å². The van der Waals surface area contributed by atoms with Crippen LogP contribution in [0.1, 0.15) is 28.6 Å². The van der Waals surface area contributed by atoms with E-state index in [1.165, 1.54) is 17.1 Å². The molecule has 3 aromatic rings. The number of rotatable bonds is 4. The van der Waals surface area contributed by atoms with Gasteiger partial charge in [0.05, 0.1) is 27.6 Å². The number of carbonyl (C=O) groups excluding carboxylic acids is 1. The summed E-state index contributed by atoms with van der Waals surface area (Å²) in [7, 11) is 0. The maximum absolute atomic E-state index is 12.9. The van der Waals surface area contributed by atoms with Gasteiger partial charge in [0.15, 0.2) is 0 Å². The number of hydrogen-bond acceptors (Lipinski definition) is 4. The van der Waals surface area contributed by atoms with Crippen LogP contribution in [0.4, 0.5) is 5.69 Å². The number of aromatic carboxylic acids is 1. The zero-order chi connectivity index (χ0) is 22.3. The van der Waals surface area contributed by atoms with Gasteiger partial charge in [-0.3, -0.25) is 4.79 Å². The van der Waals surface area contributed by atoms with Gasteiger partial charge >= 0.3 is 5.97 Å². The predicted octanol–water partition coefficient (Wildman–Crippen LogP) is 6.07. The molecule has 0 aliphatic carbocycles. The van der Waals surface area contributed by atoms with Crippen molar-refractivity contribution in [3.8, 4) is 11.3 Å². The third-order valence-electron chi connectivity index (χ3n) is 4.86. The van der Waals surface area contributed by atoms with E-state index in [-0.39, 0.29) is 16.5 Å². The molecule has 31 heavy (non-hydrogen) atoms. The van der Waals surface area contributed by atoms with Crippen LogP contribution in [0.5, 0.6) is 0 Å². The molecule has 1 amide bonds. The molecule has 0 unspecified atom stereocenters. The molecule has 0 spiro atoms. The Bertz CT molecular complexity index is 1290. The summed E-state index contributed by atoms with van der Waals surface area (Å²) >= 11 is 12.1. The molecule has 156 valence electrons. The first-order valence-electron chi connectivity index (χ1n) is 9.25. The van der Waals surface area contributed by atoms with E-state index < -0.39 is 5.97 Å². The molecular weight excluding hydrogens is 439 g/mol. The van der Waals surface area contributed by atoms with E-state index in [0.717, 1.165) is 5.56 Å². The molecule has 0 atom stereocenters. The Morgan fingerprint density at radius 2 is 1.84 bits per heavy atom. The largest absolute Gasteiger partial charge is 0.478 e. The molecule has 1 aliphatic heterocycles. The van der Waals surface area contributed by atoms with Gasteiger partial charge in [-0.25, -0.2) is 4.79 Å². The second-order valence-corrected chi connectivity index (χ2v) is 7.81. The molecule has 2 aromatic carbocycles. The normalized spacial score (nSPS) is 15.0. The van der Waals surface area contributed by atoms with Crippen LogP contribution in [-0.2, 0) is 4.79 Å². The number of hydrogen-bond donors (Lipinski definition) is 1. The lowest BCUT2D eigenvalue weighted by atomic mass is 10.1. The number of amides is 1. The molecule has 8 heteroatoms. The number of anilines is 1. The topological polar surface area (TPSA) is 83.1 Å². The maximum Gasteiger partial charge on any atom is 0.337 e. The summed E-state index contributed by atoms with van der Waals surface area (Å²) in [6.07, 6.45) is 1.61. The van der Waals surface area contributed by atoms with Gasteiger partial charge < -0.3 is 9.52 Å². The highest BCUT2D eigenvalue weighted by molar-refractivity contribution is 6.34. The highest BCUT2D eigenvalue weighted by Gasteiger charge is 2.29. The standard InChI is InChI=1S/C23H16Cl2N2O4/c1-12-3-5-15(10-20(12)25)27-22(28)17(13(2)26-27)11-16-6-8-21(31-16)14-4-7-19(24)18(9-14)23(29)30/h3-11H,1-2H3,(H,29,30)/b17-11-. The lowest BCUT2D eigenvalue weighted by Gasteiger charge is -2.12. The zero-order valence-electron chi connectivity index (χ0n) is 16.5. The third kappa shape index (κ3) is 4.00. The van der Waals surface area contributed by atoms with Crippen molar-refractivity contribution in [3.63, 3.8) is 0 Å². The molecule has 0 saturated heterocycles. The van der Waals surface area contributed by atoms with Gasteiger partial charge in [-0.05, 0) is 68.0 Å². The van der Waals surface area contributed by atoms with E-state index >= 15 is 0 Å². The van der Waals surface area contributed by atoms with Gasteiger partial charge in [0, 0.05) is 10.6 Å². The van der Waals surface area contributed by atoms with Crippen molar-refractivity contribution in [1.82, 2.24) is 0 Å². The summed E-state index contributed by atoms with van der Waals surface area (Å²) in [6.45, 7) is 3.62. The second kappa shape index (κ2) is 8.06. The minimum atomic E-state index is -1.12. The van der Waals surface area contributed by atoms with Gasteiger partial charge in [-0.15, -0.1) is 0 Å². The molecular formula is C23H16Cl2N2O4. The average molecular weight is 455 g/mol. The molecule has 0 bridgehead atoms. The highest BCUT2D eigenvalue weighted by Crippen LogP contribution is 2.31. The molecule has 0 saturated carbocycles. The highest BCUT2D eigenvalue weighted by atomic mass is 35.5. The monoisotopic (exact) mass is 454 g/mol. The minimum absolute atomic E-state index is 0.0168. The summed E-state index contributed by atoms with van der Waals surface area (Å²) in [5.74, 6) is -0.535. The zero-order valence-corrected chi connectivity index (χ0v) is 18.0. The van der Waals surface area contributed by atoms with Gasteiger partial charge in [0.1, 0.15) is 11.5 Å². The van der Waals surface area contributed by atoms with Crippen LogP contribution in [0.25, 0.3) is 17.4 Å². The molecule has 1 N–H and O–H groups in total. The van der Waals surface area contributed by atoms with E-state index in [0.29, 0.717) is 39.1 Å². The van der Waals surface area contributed by atoms with Crippen LogP contribution in [0.2, 0.25) is 10.0 Å². The van der Waals surface area contributed by atoms with E-state index in [9.17, 15) is 14.7 Å². The number of benzene rings is 2. The van der Waals surface area contributed by atoms with Crippen molar-refractivity contribution in [3.05, 3.63) is 81.0 Å². The Labute approximate surface area is 188 Å². The summed E-state index contributed by atoms with van der Waals surface area (Å²) in [4.78, 5) is 24.2. The molecule has 0 radical (unpaired) electrons. The van der Waals surface area contributed by atoms with Crippen LogP contribution in [0, 0.1) is 6.92 Å². The number of carboxylic acids is 1. The van der Waals surface area contributed by atoms with Crippen molar-refractivity contribution in [2.24, 2.45) is 5.10 Å². The number of carbonyl (C=O) groups is 2. The fourth-order valence-corrected chi connectivity index (χ4v) is 3.52. The van der Waals surface area contributed by atoms with Gasteiger partial charge in [-0.1, -0.05) is 29.3 Å². The summed E-state index contributed by atoms with van der Waals surface area (Å²) in [5, 5.41) is 15.6. The second-order valence-electron chi connectivity index (χ2n) is 7.00. The van der Waals surface area contributed by atoms with Gasteiger partial charge in [-0.2, -0.15) is 10.1 Å². The van der Waals surface area contributed by atoms with Gasteiger partial charge in [0.2, 0.25) is 0 Å². The van der Waals surface area contributed by atoms with Crippen LogP contribution in [0.15, 0.2) is 63.6 Å². The van der Waals surface area contributed by atoms with Crippen molar-refractivity contribution in [2.45, 2.75) is 13.8 Å². The van der Waals surface area contributed by atoms with Crippen LogP contribution in [-0.4, -0.2) is 22.7 Å². The molecule has 0 fully saturated rings. The third-order valence-corrected chi connectivity index (χ3v) is 5.59. The van der Waals surface area contributed by atoms with E-state index in [1.54, 1.807) is 43.3 Å². The Morgan fingerprint density at radius 1 is 1.06 bits per heavy atom. The van der Waals surface area contributed by atoms with Crippen LogP contribution in [0.3, 0.4) is 0 Å². The van der Waals surface area contributed by atoms with Crippen LogP contribution >= 0.6 is 23.2 Å².